The zero-order chi connectivity index (χ0) is 13.2. The first-order valence-corrected chi connectivity index (χ1v) is 7.71. The van der Waals surface area contributed by atoms with Gasteiger partial charge in [0, 0.05) is 9.75 Å². The maximum atomic E-state index is 11.9. The standard InChI is InChI=1S/C13H14O3S2/c1-10-3-7-13(8-4-10)18(14,15)16-9-12-6-5-11(2)17-12/h3-8H,9H2,1-2H3. The molecule has 0 unspecified atom stereocenters. The van der Waals surface area contributed by atoms with E-state index in [0.29, 0.717) is 0 Å². The van der Waals surface area contributed by atoms with Crippen LogP contribution in [-0.4, -0.2) is 8.42 Å². The average molecular weight is 282 g/mol. The van der Waals surface area contributed by atoms with Gasteiger partial charge in [-0.2, -0.15) is 8.42 Å². The van der Waals surface area contributed by atoms with Crippen molar-refractivity contribution in [3.05, 3.63) is 51.7 Å². The van der Waals surface area contributed by atoms with Crippen LogP contribution in [0.5, 0.6) is 0 Å². The van der Waals surface area contributed by atoms with E-state index in [1.807, 2.05) is 26.0 Å². The summed E-state index contributed by atoms with van der Waals surface area (Å²) in [6, 6.07) is 10.5. The Morgan fingerprint density at radius 3 is 2.28 bits per heavy atom. The van der Waals surface area contributed by atoms with Crippen molar-refractivity contribution in [1.82, 2.24) is 0 Å². The number of aryl methyl sites for hydroxylation is 2. The summed E-state index contributed by atoms with van der Waals surface area (Å²) in [5.74, 6) is 0. The first-order valence-electron chi connectivity index (χ1n) is 5.49. The van der Waals surface area contributed by atoms with E-state index < -0.39 is 10.1 Å². The average Bonchev–Trinajstić information content (AvgIpc) is 2.73. The Morgan fingerprint density at radius 2 is 1.72 bits per heavy atom. The van der Waals surface area contributed by atoms with Crippen molar-refractivity contribution >= 4 is 21.5 Å². The van der Waals surface area contributed by atoms with Crippen molar-refractivity contribution < 1.29 is 12.6 Å². The van der Waals surface area contributed by atoms with Gasteiger partial charge in [0.05, 0.1) is 4.90 Å². The molecule has 0 aliphatic carbocycles. The van der Waals surface area contributed by atoms with E-state index in [9.17, 15) is 8.42 Å². The summed E-state index contributed by atoms with van der Waals surface area (Å²) in [6.07, 6.45) is 0. The van der Waals surface area contributed by atoms with Crippen LogP contribution >= 0.6 is 11.3 Å². The molecule has 1 heterocycles. The van der Waals surface area contributed by atoms with Gasteiger partial charge in [0.25, 0.3) is 10.1 Å². The van der Waals surface area contributed by atoms with Crippen LogP contribution < -0.4 is 0 Å². The summed E-state index contributed by atoms with van der Waals surface area (Å²) in [6.45, 7) is 3.98. The molecular formula is C13H14O3S2. The Kier molecular flexibility index (Phi) is 3.85. The third-order valence-electron chi connectivity index (χ3n) is 2.46. The van der Waals surface area contributed by atoms with Crippen molar-refractivity contribution in [3.63, 3.8) is 0 Å². The molecular weight excluding hydrogens is 268 g/mol. The van der Waals surface area contributed by atoms with Crippen LogP contribution in [0.3, 0.4) is 0 Å². The Morgan fingerprint density at radius 1 is 1.06 bits per heavy atom. The molecule has 0 saturated heterocycles. The fourth-order valence-corrected chi connectivity index (χ4v) is 3.24. The highest BCUT2D eigenvalue weighted by Crippen LogP contribution is 2.19. The van der Waals surface area contributed by atoms with Crippen LogP contribution in [0.15, 0.2) is 41.3 Å². The topological polar surface area (TPSA) is 43.4 Å². The number of hydrogen-bond donors (Lipinski definition) is 0. The summed E-state index contributed by atoms with van der Waals surface area (Å²) in [5.41, 5.74) is 1.02. The molecule has 0 spiro atoms. The van der Waals surface area contributed by atoms with E-state index in [2.05, 4.69) is 0 Å². The monoisotopic (exact) mass is 282 g/mol. The number of benzene rings is 1. The molecule has 2 aromatic rings. The minimum absolute atomic E-state index is 0.0920. The van der Waals surface area contributed by atoms with Crippen molar-refractivity contribution in [1.29, 1.82) is 0 Å². The second-order valence-corrected chi connectivity index (χ2v) is 7.03. The normalized spacial score (nSPS) is 11.7. The molecule has 0 saturated carbocycles. The molecule has 0 fully saturated rings. The Balaban J connectivity index is 2.10. The van der Waals surface area contributed by atoms with Crippen molar-refractivity contribution in [2.24, 2.45) is 0 Å². The lowest BCUT2D eigenvalue weighted by atomic mass is 10.2. The van der Waals surface area contributed by atoms with Gasteiger partial charge in [0.15, 0.2) is 0 Å². The molecule has 1 aromatic heterocycles. The maximum Gasteiger partial charge on any atom is 0.297 e. The van der Waals surface area contributed by atoms with Gasteiger partial charge < -0.3 is 0 Å². The molecule has 0 aliphatic heterocycles. The molecule has 1 aromatic carbocycles. The van der Waals surface area contributed by atoms with E-state index in [4.69, 9.17) is 4.18 Å². The molecule has 96 valence electrons. The van der Waals surface area contributed by atoms with Crippen LogP contribution in [0.4, 0.5) is 0 Å². The lowest BCUT2D eigenvalue weighted by Crippen LogP contribution is -2.05. The van der Waals surface area contributed by atoms with Crippen LogP contribution in [0.25, 0.3) is 0 Å². The van der Waals surface area contributed by atoms with Gasteiger partial charge in [-0.3, -0.25) is 4.18 Å². The Bertz CT molecular complexity index is 625. The van der Waals surface area contributed by atoms with Gasteiger partial charge >= 0.3 is 0 Å². The van der Waals surface area contributed by atoms with Crippen LogP contribution in [-0.2, 0) is 20.9 Å². The van der Waals surface area contributed by atoms with Gasteiger partial charge in [0.2, 0.25) is 0 Å². The quantitative estimate of drug-likeness (QED) is 0.808. The summed E-state index contributed by atoms with van der Waals surface area (Å²) < 4.78 is 28.8. The van der Waals surface area contributed by atoms with E-state index in [1.165, 1.54) is 11.3 Å². The highest BCUT2D eigenvalue weighted by atomic mass is 32.2. The predicted octanol–water partition coefficient (Wildman–Crippen LogP) is 3.27. The van der Waals surface area contributed by atoms with Crippen LogP contribution in [0, 0.1) is 13.8 Å². The summed E-state index contributed by atoms with van der Waals surface area (Å²) in [4.78, 5) is 2.24. The largest absolute Gasteiger partial charge is 0.297 e. The first kappa shape index (κ1) is 13.3. The third kappa shape index (κ3) is 3.19. The predicted molar refractivity (Wildman–Crippen MR) is 72.2 cm³/mol. The Hall–Kier alpha value is -1.17. The minimum Gasteiger partial charge on any atom is -0.261 e. The van der Waals surface area contributed by atoms with Crippen LogP contribution in [0.2, 0.25) is 0 Å². The molecule has 0 radical (unpaired) electrons. The number of hydrogen-bond acceptors (Lipinski definition) is 4. The Labute approximate surface area is 111 Å². The second-order valence-electron chi connectivity index (χ2n) is 4.04. The zero-order valence-electron chi connectivity index (χ0n) is 10.2. The van der Waals surface area contributed by atoms with Crippen molar-refractivity contribution in [2.75, 3.05) is 0 Å². The molecule has 0 amide bonds. The first-order chi connectivity index (χ1) is 8.47. The number of rotatable bonds is 4. The fraction of sp³-hybridized carbons (Fsp3) is 0.231. The van der Waals surface area contributed by atoms with Gasteiger partial charge in [-0.15, -0.1) is 11.3 Å². The highest BCUT2D eigenvalue weighted by Gasteiger charge is 2.15. The highest BCUT2D eigenvalue weighted by molar-refractivity contribution is 7.86. The van der Waals surface area contributed by atoms with E-state index in [1.54, 1.807) is 24.3 Å². The lowest BCUT2D eigenvalue weighted by molar-refractivity contribution is 0.311. The molecule has 0 atom stereocenters. The van der Waals surface area contributed by atoms with E-state index >= 15 is 0 Å². The van der Waals surface area contributed by atoms with E-state index in [0.717, 1.165) is 15.3 Å². The van der Waals surface area contributed by atoms with Gasteiger partial charge in [-0.05, 0) is 38.1 Å². The molecule has 0 bridgehead atoms. The summed E-state index contributed by atoms with van der Waals surface area (Å²) in [5, 5.41) is 0. The van der Waals surface area contributed by atoms with Crippen molar-refractivity contribution in [3.8, 4) is 0 Å². The molecule has 0 N–H and O–H groups in total. The third-order valence-corrected chi connectivity index (χ3v) is 4.71. The molecule has 18 heavy (non-hydrogen) atoms. The second kappa shape index (κ2) is 5.22. The van der Waals surface area contributed by atoms with Crippen molar-refractivity contribution in [2.45, 2.75) is 25.3 Å². The molecule has 2 rings (SSSR count). The maximum absolute atomic E-state index is 11.9. The van der Waals surface area contributed by atoms with Gasteiger partial charge in [-0.25, -0.2) is 0 Å². The smallest absolute Gasteiger partial charge is 0.261 e. The lowest BCUT2D eigenvalue weighted by Gasteiger charge is -2.04. The summed E-state index contributed by atoms with van der Waals surface area (Å²) in [7, 11) is -3.66. The number of thiophene rings is 1. The summed E-state index contributed by atoms with van der Waals surface area (Å²) >= 11 is 1.54. The van der Waals surface area contributed by atoms with Gasteiger partial charge in [-0.1, -0.05) is 17.7 Å². The van der Waals surface area contributed by atoms with E-state index in [-0.39, 0.29) is 11.5 Å². The minimum atomic E-state index is -3.66. The zero-order valence-corrected chi connectivity index (χ0v) is 11.8. The van der Waals surface area contributed by atoms with Gasteiger partial charge in [0.1, 0.15) is 6.61 Å². The fourth-order valence-electron chi connectivity index (χ4n) is 1.47. The molecule has 5 heteroatoms. The molecule has 3 nitrogen and oxygen atoms in total. The molecule has 0 aliphatic rings. The van der Waals surface area contributed by atoms with Crippen LogP contribution in [0.1, 0.15) is 15.3 Å². The SMILES string of the molecule is Cc1ccc(S(=O)(=O)OCc2ccc(C)s2)cc1.